The van der Waals surface area contributed by atoms with E-state index >= 15 is 0 Å². The summed E-state index contributed by atoms with van der Waals surface area (Å²) in [5.74, 6) is 0.666. The van der Waals surface area contributed by atoms with Gasteiger partial charge in [-0.3, -0.25) is 15.5 Å². The van der Waals surface area contributed by atoms with E-state index in [1.54, 1.807) is 19.1 Å². The molecule has 0 atom stereocenters. The Hall–Kier alpha value is -3.50. The van der Waals surface area contributed by atoms with E-state index in [1.807, 2.05) is 0 Å². The summed E-state index contributed by atoms with van der Waals surface area (Å²) in [7, 11) is 0. The number of aryl methyl sites for hydroxylation is 1. The number of tetrazole rings is 1. The third-order valence-electron chi connectivity index (χ3n) is 2.72. The normalized spacial score (nSPS) is 11.1. The fourth-order valence-electron chi connectivity index (χ4n) is 1.64. The summed E-state index contributed by atoms with van der Waals surface area (Å²) in [6.45, 7) is 1.73. The lowest BCUT2D eigenvalue weighted by Crippen LogP contribution is -2.05. The number of hydrogen-bond donors (Lipinski definition) is 1. The van der Waals surface area contributed by atoms with E-state index in [1.165, 1.54) is 23.0 Å². The second kappa shape index (κ2) is 5.47. The van der Waals surface area contributed by atoms with Crippen molar-refractivity contribution in [2.24, 2.45) is 5.10 Å². The first-order chi connectivity index (χ1) is 10.6. The van der Waals surface area contributed by atoms with Crippen molar-refractivity contribution in [3.05, 3.63) is 45.6 Å². The molecule has 11 heteroatoms. The molecule has 0 spiro atoms. The van der Waals surface area contributed by atoms with Crippen LogP contribution in [-0.4, -0.2) is 41.4 Å². The molecule has 0 saturated heterocycles. The lowest BCUT2D eigenvalue weighted by Gasteiger charge is -2.01. The van der Waals surface area contributed by atoms with Crippen LogP contribution in [0, 0.1) is 17.0 Å². The zero-order valence-corrected chi connectivity index (χ0v) is 11.3. The number of anilines is 1. The Morgan fingerprint density at radius 2 is 2.14 bits per heavy atom. The summed E-state index contributed by atoms with van der Waals surface area (Å²) in [6, 6.07) is 5.99. The van der Waals surface area contributed by atoms with Gasteiger partial charge in [0.2, 0.25) is 0 Å². The molecule has 0 aliphatic carbocycles. The van der Waals surface area contributed by atoms with Gasteiger partial charge in [0.05, 0.1) is 11.1 Å². The number of aromatic nitrogens is 6. The number of benzene rings is 1. The topological polar surface area (TPSA) is 136 Å². The zero-order chi connectivity index (χ0) is 15.5. The molecule has 0 aliphatic rings. The molecule has 2 heterocycles. The van der Waals surface area contributed by atoms with Crippen molar-refractivity contribution in [1.29, 1.82) is 0 Å². The number of rotatable bonds is 4. The van der Waals surface area contributed by atoms with Gasteiger partial charge in [0.25, 0.3) is 11.5 Å². The van der Waals surface area contributed by atoms with E-state index in [4.69, 9.17) is 0 Å². The summed E-state index contributed by atoms with van der Waals surface area (Å²) in [6.07, 6.45) is 1.51. The summed E-state index contributed by atoms with van der Waals surface area (Å²) >= 11 is 0. The van der Waals surface area contributed by atoms with Crippen LogP contribution < -0.4 is 5.43 Å². The van der Waals surface area contributed by atoms with Gasteiger partial charge >= 0.3 is 0 Å². The monoisotopic (exact) mass is 299 g/mol. The highest BCUT2D eigenvalue weighted by atomic mass is 16.6. The van der Waals surface area contributed by atoms with Crippen LogP contribution in [0.3, 0.4) is 0 Å². The minimum absolute atomic E-state index is 0.0246. The number of nitrogens with zero attached hydrogens (tertiary/aromatic N) is 8. The first-order valence-corrected chi connectivity index (χ1v) is 6.10. The first-order valence-electron chi connectivity index (χ1n) is 6.10. The average Bonchev–Trinajstić information content (AvgIpc) is 2.95. The highest BCUT2D eigenvalue weighted by molar-refractivity contribution is 5.80. The standard InChI is InChI=1S/C11H9N9O2/c1-7-10(13-11-15-17-18-19(11)16-7)14-12-6-8-2-4-9(5-3-8)20(21)22/h2-6H,1H3,(H,13,14,15,18). The van der Waals surface area contributed by atoms with Gasteiger partial charge in [0.1, 0.15) is 5.69 Å². The number of hydrogen-bond acceptors (Lipinski definition) is 9. The van der Waals surface area contributed by atoms with Crippen molar-refractivity contribution >= 4 is 23.5 Å². The second-order valence-corrected chi connectivity index (χ2v) is 4.23. The summed E-state index contributed by atoms with van der Waals surface area (Å²) in [5, 5.41) is 29.4. The van der Waals surface area contributed by atoms with Gasteiger partial charge in [-0.15, -0.1) is 5.10 Å². The lowest BCUT2D eigenvalue weighted by atomic mass is 10.2. The predicted molar refractivity (Wildman–Crippen MR) is 75.4 cm³/mol. The lowest BCUT2D eigenvalue weighted by molar-refractivity contribution is -0.384. The third-order valence-corrected chi connectivity index (χ3v) is 2.72. The molecule has 0 bridgehead atoms. The Kier molecular flexibility index (Phi) is 3.35. The molecule has 2 aromatic heterocycles. The largest absolute Gasteiger partial charge is 0.293 e. The van der Waals surface area contributed by atoms with Crippen LogP contribution >= 0.6 is 0 Å². The number of nitrogens with one attached hydrogen (secondary N) is 1. The maximum absolute atomic E-state index is 10.6. The van der Waals surface area contributed by atoms with Gasteiger partial charge in [-0.2, -0.15) is 10.1 Å². The highest BCUT2D eigenvalue weighted by Crippen LogP contribution is 2.11. The van der Waals surface area contributed by atoms with E-state index in [2.05, 4.69) is 36.1 Å². The molecule has 1 aromatic carbocycles. The van der Waals surface area contributed by atoms with Crippen molar-refractivity contribution in [3.8, 4) is 0 Å². The number of non-ortho nitro benzene ring substituents is 1. The minimum Gasteiger partial charge on any atom is -0.260 e. The van der Waals surface area contributed by atoms with Crippen molar-refractivity contribution in [3.63, 3.8) is 0 Å². The predicted octanol–water partition coefficient (Wildman–Crippen LogP) is 0.577. The van der Waals surface area contributed by atoms with Crippen LogP contribution in [-0.2, 0) is 0 Å². The van der Waals surface area contributed by atoms with Crippen molar-refractivity contribution in [2.75, 3.05) is 5.43 Å². The molecule has 3 rings (SSSR count). The van der Waals surface area contributed by atoms with E-state index in [0.29, 0.717) is 17.1 Å². The number of hydrazone groups is 1. The van der Waals surface area contributed by atoms with Gasteiger partial charge in [0.15, 0.2) is 5.82 Å². The molecule has 0 saturated carbocycles. The maximum atomic E-state index is 10.6. The highest BCUT2D eigenvalue weighted by Gasteiger charge is 2.06. The van der Waals surface area contributed by atoms with Crippen molar-refractivity contribution < 1.29 is 4.92 Å². The first kappa shape index (κ1) is 13.5. The van der Waals surface area contributed by atoms with E-state index in [-0.39, 0.29) is 11.5 Å². The van der Waals surface area contributed by atoms with Crippen molar-refractivity contribution in [2.45, 2.75) is 6.92 Å². The molecule has 0 fully saturated rings. The smallest absolute Gasteiger partial charge is 0.260 e. The number of nitro groups is 1. The molecule has 0 radical (unpaired) electrons. The SMILES string of the molecule is Cc1nn2nnnc2nc1NN=Cc1ccc([N+](=O)[O-])cc1. The molecular formula is C11H9N9O2. The Bertz CT molecular complexity index is 856. The van der Waals surface area contributed by atoms with Gasteiger partial charge in [-0.1, -0.05) is 9.73 Å². The van der Waals surface area contributed by atoms with Gasteiger partial charge in [-0.05, 0) is 35.0 Å². The third kappa shape index (κ3) is 2.67. The van der Waals surface area contributed by atoms with E-state index in [9.17, 15) is 10.1 Å². The molecule has 3 aromatic rings. The molecule has 0 amide bonds. The molecule has 11 nitrogen and oxygen atoms in total. The van der Waals surface area contributed by atoms with Gasteiger partial charge in [0, 0.05) is 12.1 Å². The fraction of sp³-hybridized carbons (Fsp3) is 0.0909. The van der Waals surface area contributed by atoms with Crippen LogP contribution in [0.25, 0.3) is 5.78 Å². The maximum Gasteiger partial charge on any atom is 0.293 e. The number of nitro benzene ring substituents is 1. The molecule has 22 heavy (non-hydrogen) atoms. The second-order valence-electron chi connectivity index (χ2n) is 4.23. The summed E-state index contributed by atoms with van der Waals surface area (Å²) in [4.78, 5) is 14.3. The van der Waals surface area contributed by atoms with Crippen molar-refractivity contribution in [1.82, 2.24) is 30.2 Å². The van der Waals surface area contributed by atoms with Gasteiger partial charge in [-0.25, -0.2) is 0 Å². The molecule has 0 aliphatic heterocycles. The van der Waals surface area contributed by atoms with Crippen LogP contribution in [0.2, 0.25) is 0 Å². The molecule has 0 unspecified atom stereocenters. The molecule has 1 N–H and O–H groups in total. The summed E-state index contributed by atoms with van der Waals surface area (Å²) < 4.78 is 1.21. The summed E-state index contributed by atoms with van der Waals surface area (Å²) in [5.41, 5.74) is 4.03. The Labute approximate surface area is 122 Å². The van der Waals surface area contributed by atoms with E-state index in [0.717, 1.165) is 0 Å². The van der Waals surface area contributed by atoms with Crippen LogP contribution in [0.15, 0.2) is 29.4 Å². The van der Waals surface area contributed by atoms with Crippen LogP contribution in [0.1, 0.15) is 11.3 Å². The Morgan fingerprint density at radius 1 is 1.36 bits per heavy atom. The van der Waals surface area contributed by atoms with Crippen LogP contribution in [0.5, 0.6) is 0 Å². The van der Waals surface area contributed by atoms with Gasteiger partial charge < -0.3 is 0 Å². The minimum atomic E-state index is -0.458. The van der Waals surface area contributed by atoms with E-state index < -0.39 is 4.92 Å². The number of fused-ring (bicyclic) bond motifs is 1. The van der Waals surface area contributed by atoms with Crippen LogP contribution in [0.4, 0.5) is 11.5 Å². The average molecular weight is 299 g/mol. The quantitative estimate of drug-likeness (QED) is 0.419. The fourth-order valence-corrected chi connectivity index (χ4v) is 1.64. The molecule has 110 valence electrons. The molecular weight excluding hydrogens is 290 g/mol. The Morgan fingerprint density at radius 3 is 2.86 bits per heavy atom. The Balaban J connectivity index is 1.75. The zero-order valence-electron chi connectivity index (χ0n) is 11.3.